The summed E-state index contributed by atoms with van der Waals surface area (Å²) in [5, 5.41) is 2.66. The average molecular weight is 400 g/mol. The van der Waals surface area contributed by atoms with Crippen LogP contribution in [-0.4, -0.2) is 37.9 Å². The smallest absolute Gasteiger partial charge is 0.239 e. The molecule has 0 radical (unpaired) electrons. The predicted octanol–water partition coefficient (Wildman–Crippen LogP) is 3.33. The molecule has 2 aliphatic carbocycles. The van der Waals surface area contributed by atoms with Crippen molar-refractivity contribution < 1.29 is 22.0 Å². The van der Waals surface area contributed by atoms with Crippen molar-refractivity contribution in [2.45, 2.75) is 51.6 Å². The van der Waals surface area contributed by atoms with Gasteiger partial charge >= 0.3 is 0 Å². The van der Waals surface area contributed by atoms with Crippen molar-refractivity contribution in [1.82, 2.24) is 9.62 Å². The zero-order valence-corrected chi connectivity index (χ0v) is 16.3. The van der Waals surface area contributed by atoms with Gasteiger partial charge in [-0.15, -0.1) is 0 Å². The van der Waals surface area contributed by atoms with Gasteiger partial charge in [-0.2, -0.15) is 4.31 Å². The fourth-order valence-corrected chi connectivity index (χ4v) is 5.43. The lowest BCUT2D eigenvalue weighted by Gasteiger charge is -2.29. The van der Waals surface area contributed by atoms with E-state index in [0.717, 1.165) is 25.3 Å². The van der Waals surface area contributed by atoms with Crippen LogP contribution in [0.2, 0.25) is 0 Å². The van der Waals surface area contributed by atoms with Crippen LogP contribution in [0.3, 0.4) is 0 Å². The monoisotopic (exact) mass is 400 g/mol. The minimum Gasteiger partial charge on any atom is -0.329 e. The van der Waals surface area contributed by atoms with Crippen molar-refractivity contribution in [2.24, 2.45) is 11.8 Å². The Morgan fingerprint density at radius 2 is 1.93 bits per heavy atom. The molecule has 0 aromatic carbocycles. The highest BCUT2D eigenvalue weighted by Gasteiger charge is 2.35. The second-order valence-corrected chi connectivity index (χ2v) is 9.49. The highest BCUT2D eigenvalue weighted by molar-refractivity contribution is 7.93. The van der Waals surface area contributed by atoms with Crippen LogP contribution < -0.4 is 5.32 Å². The molecule has 5 nitrogen and oxygen atoms in total. The zero-order chi connectivity index (χ0) is 19.6. The summed E-state index contributed by atoms with van der Waals surface area (Å²) in [4.78, 5) is 12.6. The van der Waals surface area contributed by atoms with Gasteiger partial charge in [-0.3, -0.25) is 4.79 Å². The molecule has 1 amide bonds. The van der Waals surface area contributed by atoms with Crippen LogP contribution in [0.5, 0.6) is 0 Å². The van der Waals surface area contributed by atoms with Crippen LogP contribution >= 0.6 is 0 Å². The normalized spacial score (nSPS) is 30.2. The van der Waals surface area contributed by atoms with Crippen LogP contribution in [0.25, 0.3) is 0 Å². The second-order valence-electron chi connectivity index (χ2n) is 7.50. The molecule has 0 aromatic heterocycles. The van der Waals surface area contributed by atoms with Gasteiger partial charge in [-0.25, -0.2) is 17.2 Å². The molecule has 0 aromatic rings. The van der Waals surface area contributed by atoms with Gasteiger partial charge in [-0.05, 0) is 37.8 Å². The number of carbonyl (C=O) groups excluding carboxylic acids is 1. The van der Waals surface area contributed by atoms with E-state index in [1.165, 1.54) is 10.4 Å². The van der Waals surface area contributed by atoms with Crippen molar-refractivity contribution in [3.05, 3.63) is 34.7 Å². The third kappa shape index (κ3) is 4.48. The number of hydrogen-bond donors (Lipinski definition) is 1. The Labute approximate surface area is 159 Å². The lowest BCUT2D eigenvalue weighted by molar-refractivity contribution is -0.123. The maximum Gasteiger partial charge on any atom is 0.239 e. The standard InChI is InChI=1S/C19H26F2N2O3S/c1-13-11-14(5-7-17(13)20)22-19(24)16-12-15(6-8-18(16)21)27(25,26)23-9-3-2-4-10-23/h6,8,11,13,16-17H,2-5,7,9-10,12H2,1H3,(H,22,24). The molecular formula is C19H26F2N2O3S. The first-order valence-electron chi connectivity index (χ1n) is 9.51. The van der Waals surface area contributed by atoms with Gasteiger partial charge in [0.15, 0.2) is 0 Å². The van der Waals surface area contributed by atoms with Gasteiger partial charge in [0.25, 0.3) is 0 Å². The number of hydrogen-bond acceptors (Lipinski definition) is 3. The number of halogens is 2. The fourth-order valence-electron chi connectivity index (χ4n) is 3.75. The van der Waals surface area contributed by atoms with E-state index >= 15 is 0 Å². The van der Waals surface area contributed by atoms with E-state index in [0.29, 0.717) is 31.6 Å². The largest absolute Gasteiger partial charge is 0.329 e. The number of nitrogens with zero attached hydrogens (tertiary/aromatic N) is 1. The van der Waals surface area contributed by atoms with E-state index in [4.69, 9.17) is 0 Å². The fraction of sp³-hybridized carbons (Fsp3) is 0.632. The van der Waals surface area contributed by atoms with Crippen molar-refractivity contribution in [3.8, 4) is 0 Å². The van der Waals surface area contributed by atoms with Crippen molar-refractivity contribution >= 4 is 15.9 Å². The number of alkyl halides is 1. The van der Waals surface area contributed by atoms with E-state index in [2.05, 4.69) is 5.32 Å². The van der Waals surface area contributed by atoms with Crippen molar-refractivity contribution in [1.29, 1.82) is 0 Å². The Bertz CT molecular complexity index is 783. The Morgan fingerprint density at radius 3 is 2.59 bits per heavy atom. The number of amides is 1. The van der Waals surface area contributed by atoms with E-state index in [-0.39, 0.29) is 17.2 Å². The van der Waals surface area contributed by atoms with Crippen molar-refractivity contribution in [3.63, 3.8) is 0 Å². The second kappa shape index (κ2) is 8.22. The molecule has 3 atom stereocenters. The number of allylic oxidation sites excluding steroid dienone is 5. The minimum atomic E-state index is -3.69. The third-order valence-corrected chi connectivity index (χ3v) is 7.49. The lowest BCUT2D eigenvalue weighted by atomic mass is 9.92. The van der Waals surface area contributed by atoms with E-state index in [9.17, 15) is 22.0 Å². The number of carbonyl (C=O) groups is 1. The molecule has 1 heterocycles. The Morgan fingerprint density at radius 1 is 1.22 bits per heavy atom. The maximum atomic E-state index is 14.3. The molecule has 1 N–H and O–H groups in total. The van der Waals surface area contributed by atoms with Crippen molar-refractivity contribution in [2.75, 3.05) is 13.1 Å². The van der Waals surface area contributed by atoms with E-state index < -0.39 is 33.8 Å². The Kier molecular flexibility index (Phi) is 6.15. The predicted molar refractivity (Wildman–Crippen MR) is 99.2 cm³/mol. The van der Waals surface area contributed by atoms with Gasteiger partial charge in [0, 0.05) is 31.1 Å². The molecule has 3 rings (SSSR count). The molecular weight excluding hydrogens is 374 g/mol. The molecule has 27 heavy (non-hydrogen) atoms. The number of sulfonamides is 1. The highest BCUT2D eigenvalue weighted by atomic mass is 32.2. The van der Waals surface area contributed by atoms with Crippen LogP contribution in [-0.2, 0) is 14.8 Å². The molecule has 0 saturated carbocycles. The Balaban J connectivity index is 1.71. The summed E-state index contributed by atoms with van der Waals surface area (Å²) in [5.41, 5.74) is 0.573. The molecule has 3 aliphatic rings. The molecule has 1 aliphatic heterocycles. The van der Waals surface area contributed by atoms with Crippen LogP contribution in [0.15, 0.2) is 34.7 Å². The number of piperidine rings is 1. The quantitative estimate of drug-likeness (QED) is 0.787. The van der Waals surface area contributed by atoms with Gasteiger partial charge in [0.1, 0.15) is 12.0 Å². The van der Waals surface area contributed by atoms with Gasteiger partial charge < -0.3 is 5.32 Å². The van der Waals surface area contributed by atoms with Gasteiger partial charge in [0.05, 0.1) is 10.8 Å². The summed E-state index contributed by atoms with van der Waals surface area (Å²) < 4.78 is 54.9. The number of rotatable bonds is 4. The van der Waals surface area contributed by atoms with Crippen LogP contribution in [0.4, 0.5) is 8.78 Å². The minimum absolute atomic E-state index is 0.0702. The third-order valence-electron chi connectivity index (χ3n) is 5.48. The topological polar surface area (TPSA) is 66.5 Å². The highest BCUT2D eigenvalue weighted by Crippen LogP contribution is 2.33. The molecule has 150 valence electrons. The summed E-state index contributed by atoms with van der Waals surface area (Å²) in [7, 11) is -3.69. The zero-order valence-electron chi connectivity index (χ0n) is 15.5. The summed E-state index contributed by atoms with van der Waals surface area (Å²) in [6, 6.07) is 0. The summed E-state index contributed by atoms with van der Waals surface area (Å²) in [5.74, 6) is -2.73. The van der Waals surface area contributed by atoms with Crippen LogP contribution in [0.1, 0.15) is 45.4 Å². The SMILES string of the molecule is CC1C=C(NC(=O)C2CC(S(=O)(=O)N3CCCCC3)=CC=C2F)CCC1F. The Hall–Kier alpha value is -1.54. The van der Waals surface area contributed by atoms with E-state index in [1.54, 1.807) is 13.0 Å². The maximum absolute atomic E-state index is 14.3. The van der Waals surface area contributed by atoms with E-state index in [1.807, 2.05) is 0 Å². The molecule has 1 fully saturated rings. The summed E-state index contributed by atoms with van der Waals surface area (Å²) >= 11 is 0. The summed E-state index contributed by atoms with van der Waals surface area (Å²) in [6.45, 7) is 2.64. The average Bonchev–Trinajstić information content (AvgIpc) is 2.65. The molecule has 8 heteroatoms. The molecule has 1 saturated heterocycles. The first-order valence-corrected chi connectivity index (χ1v) is 10.9. The molecule has 3 unspecified atom stereocenters. The number of nitrogens with one attached hydrogen (secondary N) is 1. The molecule has 0 bridgehead atoms. The first-order chi connectivity index (χ1) is 12.8. The molecule has 0 spiro atoms. The van der Waals surface area contributed by atoms with Crippen LogP contribution in [0, 0.1) is 11.8 Å². The lowest BCUT2D eigenvalue weighted by Crippen LogP contribution is -2.39. The van der Waals surface area contributed by atoms with Gasteiger partial charge in [0.2, 0.25) is 15.9 Å². The van der Waals surface area contributed by atoms with Gasteiger partial charge in [-0.1, -0.05) is 19.4 Å². The summed E-state index contributed by atoms with van der Waals surface area (Å²) in [6.07, 6.45) is 6.15. The first kappa shape index (κ1) is 20.2.